The first-order valence-electron chi connectivity index (χ1n) is 9.98. The number of unbranched alkanes of at least 4 members (excludes halogenated alkanes) is 1. The summed E-state index contributed by atoms with van der Waals surface area (Å²) in [6.45, 7) is 4.16. The minimum absolute atomic E-state index is 0.159. The van der Waals surface area contributed by atoms with Crippen LogP contribution in [0, 0.1) is 0 Å². The van der Waals surface area contributed by atoms with Gasteiger partial charge in [0.05, 0.1) is 6.61 Å². The summed E-state index contributed by atoms with van der Waals surface area (Å²) < 4.78 is 5.16. The molecule has 2 aromatic rings. The van der Waals surface area contributed by atoms with Crippen molar-refractivity contribution in [2.24, 2.45) is 0 Å². The largest absolute Gasteiger partial charge is 0.464 e. The molecule has 5 heteroatoms. The maximum atomic E-state index is 12.9. The van der Waals surface area contributed by atoms with E-state index in [0.717, 1.165) is 31.2 Å². The van der Waals surface area contributed by atoms with Gasteiger partial charge in [0.15, 0.2) is 0 Å². The predicted octanol–water partition coefficient (Wildman–Crippen LogP) is 4.06. The van der Waals surface area contributed by atoms with Gasteiger partial charge in [0.2, 0.25) is 0 Å². The summed E-state index contributed by atoms with van der Waals surface area (Å²) in [5.74, 6) is -0.493. The normalized spacial score (nSPS) is 11.7. The Hall–Kier alpha value is -2.69. The molecule has 1 atom stereocenters. The van der Waals surface area contributed by atoms with Crippen LogP contribution in [-0.2, 0) is 22.4 Å². The summed E-state index contributed by atoms with van der Waals surface area (Å²) in [7, 11) is 1.68. The van der Waals surface area contributed by atoms with E-state index in [1.54, 1.807) is 20.2 Å². The first-order valence-corrected chi connectivity index (χ1v) is 9.98. The van der Waals surface area contributed by atoms with Crippen molar-refractivity contribution in [3.63, 3.8) is 0 Å². The molecule has 0 saturated heterocycles. The molecule has 1 aromatic heterocycles. The Balaban J connectivity index is 2.01. The second-order valence-electron chi connectivity index (χ2n) is 6.88. The molecular formula is C23H30N2O3. The third kappa shape index (κ3) is 6.19. The molecule has 0 aliphatic heterocycles. The van der Waals surface area contributed by atoms with Gasteiger partial charge in [-0.15, -0.1) is 0 Å². The van der Waals surface area contributed by atoms with Gasteiger partial charge in [0, 0.05) is 25.0 Å². The molecule has 28 heavy (non-hydrogen) atoms. The molecule has 5 nitrogen and oxygen atoms in total. The highest BCUT2D eigenvalue weighted by molar-refractivity contribution is 5.96. The number of rotatable bonds is 10. The number of carbonyl (C=O) groups is 2. The summed E-state index contributed by atoms with van der Waals surface area (Å²) in [5.41, 5.74) is 2.94. The van der Waals surface area contributed by atoms with E-state index >= 15 is 0 Å². The minimum Gasteiger partial charge on any atom is -0.464 e. The lowest BCUT2D eigenvalue weighted by Crippen LogP contribution is -2.43. The van der Waals surface area contributed by atoms with Crippen LogP contribution >= 0.6 is 0 Å². The number of hydrogen-bond donors (Lipinski definition) is 0. The van der Waals surface area contributed by atoms with E-state index in [1.807, 2.05) is 36.5 Å². The molecule has 0 unspecified atom stereocenters. The molecular weight excluding hydrogens is 352 g/mol. The SMILES string of the molecule is CCCC[C@@H](C(=O)OCC)N(C)C(=O)c1ccc(CCc2cccnc2)cc1. The van der Waals surface area contributed by atoms with Crippen molar-refractivity contribution in [2.75, 3.05) is 13.7 Å². The molecule has 0 N–H and O–H groups in total. The molecule has 0 fully saturated rings. The summed E-state index contributed by atoms with van der Waals surface area (Å²) in [4.78, 5) is 30.8. The summed E-state index contributed by atoms with van der Waals surface area (Å²) in [6, 6.07) is 11.1. The average molecular weight is 383 g/mol. The van der Waals surface area contributed by atoms with Gasteiger partial charge in [0.25, 0.3) is 5.91 Å². The maximum absolute atomic E-state index is 12.9. The Kier molecular flexibility index (Phi) is 8.66. The fraction of sp³-hybridized carbons (Fsp3) is 0.435. The van der Waals surface area contributed by atoms with Crippen LogP contribution in [0.2, 0.25) is 0 Å². The van der Waals surface area contributed by atoms with Gasteiger partial charge >= 0.3 is 5.97 Å². The molecule has 0 aliphatic rings. The Morgan fingerprint density at radius 2 is 1.79 bits per heavy atom. The fourth-order valence-corrected chi connectivity index (χ4v) is 3.10. The lowest BCUT2D eigenvalue weighted by atomic mass is 10.0. The van der Waals surface area contributed by atoms with Crippen molar-refractivity contribution < 1.29 is 14.3 Å². The van der Waals surface area contributed by atoms with Gasteiger partial charge in [-0.3, -0.25) is 9.78 Å². The van der Waals surface area contributed by atoms with E-state index in [1.165, 1.54) is 10.5 Å². The molecule has 1 heterocycles. The van der Waals surface area contributed by atoms with Crippen LogP contribution in [0.5, 0.6) is 0 Å². The molecule has 0 radical (unpaired) electrons. The van der Waals surface area contributed by atoms with Crippen molar-refractivity contribution in [2.45, 2.75) is 52.0 Å². The number of aromatic nitrogens is 1. The van der Waals surface area contributed by atoms with Crippen LogP contribution in [0.4, 0.5) is 0 Å². The zero-order valence-corrected chi connectivity index (χ0v) is 17.1. The fourth-order valence-electron chi connectivity index (χ4n) is 3.10. The lowest BCUT2D eigenvalue weighted by Gasteiger charge is -2.26. The van der Waals surface area contributed by atoms with Crippen LogP contribution in [0.1, 0.15) is 54.6 Å². The van der Waals surface area contributed by atoms with Gasteiger partial charge in [-0.05, 0) is 55.5 Å². The number of likely N-dealkylation sites (N-methyl/N-ethyl adjacent to an activating group) is 1. The van der Waals surface area contributed by atoms with Crippen LogP contribution in [0.15, 0.2) is 48.8 Å². The minimum atomic E-state index is -0.544. The van der Waals surface area contributed by atoms with E-state index in [9.17, 15) is 9.59 Å². The second kappa shape index (κ2) is 11.2. The van der Waals surface area contributed by atoms with Crippen molar-refractivity contribution in [3.8, 4) is 0 Å². The van der Waals surface area contributed by atoms with E-state index in [4.69, 9.17) is 4.74 Å². The van der Waals surface area contributed by atoms with Gasteiger partial charge in [-0.25, -0.2) is 4.79 Å². The van der Waals surface area contributed by atoms with Gasteiger partial charge in [-0.2, -0.15) is 0 Å². The molecule has 2 rings (SSSR count). The van der Waals surface area contributed by atoms with Crippen molar-refractivity contribution in [1.29, 1.82) is 0 Å². The van der Waals surface area contributed by atoms with Crippen LogP contribution in [0.3, 0.4) is 0 Å². The number of pyridine rings is 1. The Labute approximate surface area is 167 Å². The summed E-state index contributed by atoms with van der Waals surface area (Å²) >= 11 is 0. The Morgan fingerprint density at radius 3 is 2.39 bits per heavy atom. The second-order valence-corrected chi connectivity index (χ2v) is 6.88. The number of carbonyl (C=O) groups excluding carboxylic acids is 2. The first-order chi connectivity index (χ1) is 13.6. The number of hydrogen-bond acceptors (Lipinski definition) is 4. The van der Waals surface area contributed by atoms with Crippen LogP contribution in [0.25, 0.3) is 0 Å². The van der Waals surface area contributed by atoms with Crippen LogP contribution < -0.4 is 0 Å². The van der Waals surface area contributed by atoms with Gasteiger partial charge < -0.3 is 9.64 Å². The Bertz CT molecular complexity index is 744. The third-order valence-corrected chi connectivity index (χ3v) is 4.80. The highest BCUT2D eigenvalue weighted by Gasteiger charge is 2.28. The van der Waals surface area contributed by atoms with Gasteiger partial charge in [0.1, 0.15) is 6.04 Å². The monoisotopic (exact) mass is 382 g/mol. The number of nitrogens with zero attached hydrogens (tertiary/aromatic N) is 2. The average Bonchev–Trinajstić information content (AvgIpc) is 2.73. The van der Waals surface area contributed by atoms with Crippen molar-refractivity contribution in [1.82, 2.24) is 9.88 Å². The third-order valence-electron chi connectivity index (χ3n) is 4.80. The standard InChI is InChI=1S/C23H30N2O3/c1-4-6-9-21(23(27)28-5-2)25(3)22(26)20-14-12-18(13-15-20)10-11-19-8-7-16-24-17-19/h7-8,12-17,21H,4-6,9-11H2,1-3H3/t21-/m0/s1. The highest BCUT2D eigenvalue weighted by Crippen LogP contribution is 2.15. The molecule has 1 aromatic carbocycles. The first kappa shape index (κ1) is 21.6. The topological polar surface area (TPSA) is 59.5 Å². The number of aryl methyl sites for hydroxylation is 2. The molecule has 0 saturated carbocycles. The number of benzene rings is 1. The van der Waals surface area contributed by atoms with E-state index in [-0.39, 0.29) is 11.9 Å². The molecule has 0 aliphatic carbocycles. The maximum Gasteiger partial charge on any atom is 0.328 e. The molecule has 1 amide bonds. The van der Waals surface area contributed by atoms with Gasteiger partial charge in [-0.1, -0.05) is 38.0 Å². The zero-order chi connectivity index (χ0) is 20.4. The van der Waals surface area contributed by atoms with Crippen LogP contribution in [-0.4, -0.2) is 41.5 Å². The molecule has 0 bridgehead atoms. The van der Waals surface area contributed by atoms with E-state index in [2.05, 4.69) is 18.0 Å². The number of ether oxygens (including phenoxy) is 1. The summed E-state index contributed by atoms with van der Waals surface area (Å²) in [5, 5.41) is 0. The van der Waals surface area contributed by atoms with E-state index < -0.39 is 6.04 Å². The molecule has 150 valence electrons. The lowest BCUT2D eigenvalue weighted by molar-refractivity contribution is -0.148. The number of esters is 1. The Morgan fingerprint density at radius 1 is 1.07 bits per heavy atom. The predicted molar refractivity (Wildman–Crippen MR) is 110 cm³/mol. The smallest absolute Gasteiger partial charge is 0.328 e. The summed E-state index contributed by atoms with van der Waals surface area (Å²) in [6.07, 6.45) is 7.88. The van der Waals surface area contributed by atoms with Crippen molar-refractivity contribution >= 4 is 11.9 Å². The van der Waals surface area contributed by atoms with E-state index in [0.29, 0.717) is 18.6 Å². The highest BCUT2D eigenvalue weighted by atomic mass is 16.5. The quantitative estimate of drug-likeness (QED) is 0.582. The molecule has 0 spiro atoms. The van der Waals surface area contributed by atoms with Crippen molar-refractivity contribution in [3.05, 3.63) is 65.5 Å². The number of amides is 1. The zero-order valence-electron chi connectivity index (χ0n) is 17.1.